The SMILES string of the molecule is O=S([O-])N[C@@H](c1ccccc1)c1ccc(Oc2ncccc2-c2ccnc(N[C@H]3CCCNC3)n2)cc1F. The van der Waals surface area contributed by atoms with Crippen LogP contribution in [0.5, 0.6) is 11.6 Å². The molecule has 196 valence electrons. The second-order valence-electron chi connectivity index (χ2n) is 8.79. The highest BCUT2D eigenvalue weighted by atomic mass is 32.2. The Kier molecular flexibility index (Phi) is 8.29. The molecule has 1 unspecified atom stereocenters. The van der Waals surface area contributed by atoms with Crippen LogP contribution in [0.25, 0.3) is 11.3 Å². The van der Waals surface area contributed by atoms with Gasteiger partial charge < -0.3 is 19.9 Å². The first-order valence-corrected chi connectivity index (χ1v) is 13.3. The molecule has 2 aromatic heterocycles. The van der Waals surface area contributed by atoms with Crippen LogP contribution in [0.2, 0.25) is 0 Å². The Morgan fingerprint density at radius 2 is 1.95 bits per heavy atom. The number of piperidine rings is 1. The molecule has 0 saturated carbocycles. The summed E-state index contributed by atoms with van der Waals surface area (Å²) in [6.45, 7) is 1.86. The van der Waals surface area contributed by atoms with Gasteiger partial charge >= 0.3 is 0 Å². The fourth-order valence-electron chi connectivity index (χ4n) is 4.37. The van der Waals surface area contributed by atoms with Crippen LogP contribution < -0.4 is 20.1 Å². The number of nitrogens with one attached hydrogen (secondary N) is 3. The van der Waals surface area contributed by atoms with Crippen LogP contribution >= 0.6 is 0 Å². The number of benzene rings is 2. The van der Waals surface area contributed by atoms with Crippen molar-refractivity contribution >= 4 is 17.2 Å². The van der Waals surface area contributed by atoms with Crippen molar-refractivity contribution in [1.82, 2.24) is 25.0 Å². The Hall–Kier alpha value is -3.77. The van der Waals surface area contributed by atoms with Crippen molar-refractivity contribution in [3.63, 3.8) is 0 Å². The minimum atomic E-state index is -2.60. The highest BCUT2D eigenvalue weighted by Crippen LogP contribution is 2.33. The zero-order chi connectivity index (χ0) is 26.3. The van der Waals surface area contributed by atoms with E-state index in [1.54, 1.807) is 60.9 Å². The molecule has 5 rings (SSSR count). The standard InChI is InChI=1S/C27H27FN6O3S/c28-23-16-20(10-11-21(23)25(34-38(35)36)18-6-2-1-3-7-18)37-26-22(9-5-14-30-26)24-12-15-31-27(33-24)32-19-8-4-13-29-17-19/h1-3,5-7,9-12,14-16,19,25,29,34H,4,8,13,17H2,(H,35,36)(H,31,32,33)/p-1/t19-,25-/m0/s1. The van der Waals surface area contributed by atoms with E-state index in [1.807, 2.05) is 6.07 Å². The van der Waals surface area contributed by atoms with E-state index in [1.165, 1.54) is 12.1 Å². The van der Waals surface area contributed by atoms with Gasteiger partial charge in [0.2, 0.25) is 11.8 Å². The predicted octanol–water partition coefficient (Wildman–Crippen LogP) is 4.11. The van der Waals surface area contributed by atoms with Crippen LogP contribution in [-0.4, -0.2) is 42.8 Å². The molecule has 11 heteroatoms. The number of pyridine rings is 1. The average Bonchev–Trinajstić information content (AvgIpc) is 2.93. The summed E-state index contributed by atoms with van der Waals surface area (Å²) in [5.41, 5.74) is 2.00. The van der Waals surface area contributed by atoms with Crippen LogP contribution in [0.4, 0.5) is 10.3 Å². The van der Waals surface area contributed by atoms with E-state index in [4.69, 9.17) is 4.74 Å². The van der Waals surface area contributed by atoms with Crippen molar-refractivity contribution < 1.29 is 17.9 Å². The summed E-state index contributed by atoms with van der Waals surface area (Å²) in [6.07, 6.45) is 5.37. The normalized spacial score (nSPS) is 16.9. The van der Waals surface area contributed by atoms with Gasteiger partial charge in [0.25, 0.3) is 0 Å². The van der Waals surface area contributed by atoms with Crippen LogP contribution in [-0.2, 0) is 11.3 Å². The Morgan fingerprint density at radius 1 is 1.08 bits per heavy atom. The number of hydrogen-bond acceptors (Lipinski definition) is 8. The van der Waals surface area contributed by atoms with Crippen LogP contribution in [0.15, 0.2) is 79.1 Å². The van der Waals surface area contributed by atoms with E-state index in [9.17, 15) is 8.76 Å². The van der Waals surface area contributed by atoms with Gasteiger partial charge in [-0.3, -0.25) is 4.21 Å². The van der Waals surface area contributed by atoms with Gasteiger partial charge in [-0.1, -0.05) is 36.4 Å². The Morgan fingerprint density at radius 3 is 2.71 bits per heavy atom. The molecular formula is C27H26FN6O3S-. The molecule has 4 aromatic rings. The smallest absolute Gasteiger partial charge is 0.228 e. The molecule has 0 radical (unpaired) electrons. The van der Waals surface area contributed by atoms with Crippen LogP contribution in [0.1, 0.15) is 30.0 Å². The molecule has 2 aromatic carbocycles. The van der Waals surface area contributed by atoms with Gasteiger partial charge in [-0.15, -0.1) is 0 Å². The number of rotatable bonds is 9. The maximum absolute atomic E-state index is 15.3. The van der Waals surface area contributed by atoms with E-state index >= 15 is 4.39 Å². The summed E-state index contributed by atoms with van der Waals surface area (Å²) in [5.74, 6) is 0.349. The summed E-state index contributed by atoms with van der Waals surface area (Å²) in [6, 6.07) is 17.8. The third-order valence-corrected chi connectivity index (χ3v) is 6.61. The molecule has 3 N–H and O–H groups in total. The summed E-state index contributed by atoms with van der Waals surface area (Å²) in [5, 5.41) is 6.72. The van der Waals surface area contributed by atoms with E-state index in [-0.39, 0.29) is 23.2 Å². The lowest BCUT2D eigenvalue weighted by molar-refractivity contribution is 0.457. The van der Waals surface area contributed by atoms with Crippen molar-refractivity contribution in [3.05, 3.63) is 96.1 Å². The third-order valence-electron chi connectivity index (χ3n) is 6.18. The number of ether oxygens (including phenoxy) is 1. The molecule has 0 bridgehead atoms. The topological polar surface area (TPSA) is 124 Å². The molecule has 0 spiro atoms. The zero-order valence-corrected chi connectivity index (χ0v) is 21.2. The van der Waals surface area contributed by atoms with Gasteiger partial charge in [-0.05, 0) is 49.2 Å². The maximum Gasteiger partial charge on any atom is 0.228 e. The first-order chi connectivity index (χ1) is 18.6. The fourth-order valence-corrected chi connectivity index (χ4v) is 4.83. The van der Waals surface area contributed by atoms with Crippen molar-refractivity contribution in [3.8, 4) is 22.9 Å². The van der Waals surface area contributed by atoms with E-state index < -0.39 is 23.1 Å². The molecule has 9 nitrogen and oxygen atoms in total. The second kappa shape index (κ2) is 12.2. The van der Waals surface area contributed by atoms with E-state index in [0.717, 1.165) is 25.9 Å². The second-order valence-corrected chi connectivity index (χ2v) is 9.50. The number of anilines is 1. The molecule has 0 amide bonds. The number of aromatic nitrogens is 3. The van der Waals surface area contributed by atoms with Crippen LogP contribution in [0.3, 0.4) is 0 Å². The molecule has 1 aliphatic heterocycles. The molecule has 1 fully saturated rings. The molecular weight excluding hydrogens is 507 g/mol. The lowest BCUT2D eigenvalue weighted by Gasteiger charge is -2.23. The van der Waals surface area contributed by atoms with Gasteiger partial charge in [0.1, 0.15) is 11.6 Å². The first kappa shape index (κ1) is 25.9. The number of nitrogens with zero attached hydrogens (tertiary/aromatic N) is 3. The summed E-state index contributed by atoms with van der Waals surface area (Å²) in [4.78, 5) is 13.3. The molecule has 38 heavy (non-hydrogen) atoms. The Labute approximate surface area is 222 Å². The zero-order valence-electron chi connectivity index (χ0n) is 20.3. The fraction of sp³-hybridized carbons (Fsp3) is 0.222. The monoisotopic (exact) mass is 533 g/mol. The number of halogens is 1. The molecule has 1 aliphatic rings. The van der Waals surface area contributed by atoms with Crippen molar-refractivity contribution in [2.24, 2.45) is 0 Å². The molecule has 0 aliphatic carbocycles. The third kappa shape index (κ3) is 6.37. The highest BCUT2D eigenvalue weighted by Gasteiger charge is 2.20. The largest absolute Gasteiger partial charge is 0.760 e. The Bertz CT molecular complexity index is 1400. The van der Waals surface area contributed by atoms with Gasteiger partial charge in [0.05, 0.1) is 17.3 Å². The molecule has 1 saturated heterocycles. The van der Waals surface area contributed by atoms with Gasteiger partial charge in [-0.2, -0.15) is 0 Å². The van der Waals surface area contributed by atoms with Crippen molar-refractivity contribution in [2.75, 3.05) is 18.4 Å². The van der Waals surface area contributed by atoms with Gasteiger partial charge in [0, 0.05) is 47.9 Å². The van der Waals surface area contributed by atoms with Crippen molar-refractivity contribution in [2.45, 2.75) is 24.9 Å². The highest BCUT2D eigenvalue weighted by molar-refractivity contribution is 7.77. The Balaban J connectivity index is 1.39. The molecule has 3 atom stereocenters. The van der Waals surface area contributed by atoms with Gasteiger partial charge in [0.15, 0.2) is 0 Å². The van der Waals surface area contributed by atoms with E-state index in [0.29, 0.717) is 22.8 Å². The minimum absolute atomic E-state index is 0.165. The van der Waals surface area contributed by atoms with E-state index in [2.05, 4.69) is 30.3 Å². The van der Waals surface area contributed by atoms with Gasteiger partial charge in [-0.25, -0.2) is 24.1 Å². The van der Waals surface area contributed by atoms with Crippen LogP contribution in [0, 0.1) is 5.82 Å². The molecule has 3 heterocycles. The maximum atomic E-state index is 15.3. The van der Waals surface area contributed by atoms with Crippen molar-refractivity contribution in [1.29, 1.82) is 0 Å². The summed E-state index contributed by atoms with van der Waals surface area (Å²) >= 11 is -2.60. The lowest BCUT2D eigenvalue weighted by atomic mass is 9.99. The predicted molar refractivity (Wildman–Crippen MR) is 142 cm³/mol. The summed E-state index contributed by atoms with van der Waals surface area (Å²) in [7, 11) is 0. The minimum Gasteiger partial charge on any atom is -0.760 e. The lowest BCUT2D eigenvalue weighted by Crippen LogP contribution is -2.38. The quantitative estimate of drug-likeness (QED) is 0.275. The average molecular weight is 534 g/mol. The summed E-state index contributed by atoms with van der Waals surface area (Å²) < 4.78 is 46.4. The number of hydrogen-bond donors (Lipinski definition) is 3. The first-order valence-electron chi connectivity index (χ1n) is 12.2.